The lowest BCUT2D eigenvalue weighted by molar-refractivity contribution is -0.167. The summed E-state index contributed by atoms with van der Waals surface area (Å²) >= 11 is 0. The van der Waals surface area contributed by atoms with Crippen molar-refractivity contribution in [3.63, 3.8) is 0 Å². The van der Waals surface area contributed by atoms with Crippen LogP contribution in [0, 0.1) is 0 Å². The Kier molecular flexibility index (Phi) is 60.3. The molecule has 0 N–H and O–H groups in total. The number of unbranched alkanes of at least 4 members (excludes halogenated alkanes) is 33. The molecule has 0 rings (SSSR count). The minimum Gasteiger partial charge on any atom is -0.462 e. The molecule has 0 fully saturated rings. The molecule has 0 aromatic carbocycles. The zero-order valence-corrected chi connectivity index (χ0v) is 49.6. The topological polar surface area (TPSA) is 78.9 Å². The first kappa shape index (κ1) is 71.6. The van der Waals surface area contributed by atoms with E-state index < -0.39 is 6.10 Å². The molecule has 0 aliphatic rings. The SMILES string of the molecule is CC/C=C\C/C=C\C/C=C\C/C=C\C/C=C\CCCC(=O)OC(COC(=O)CCCCCCCCCCC)COC(=O)CCCCCCCCCCCCCCCCCCCCC/C=C\C/C=C\CCCCCCC. The van der Waals surface area contributed by atoms with Crippen molar-refractivity contribution in [2.45, 2.75) is 322 Å². The molecule has 0 heterocycles. The normalized spacial score (nSPS) is 12.6. The van der Waals surface area contributed by atoms with Gasteiger partial charge in [0.1, 0.15) is 13.2 Å². The number of carbonyl (C=O) groups excluding carboxylic acids is 3. The molecule has 0 amide bonds. The summed E-state index contributed by atoms with van der Waals surface area (Å²) in [6.45, 7) is 6.47. The molecule has 6 heteroatoms. The molecule has 432 valence electrons. The highest BCUT2D eigenvalue weighted by atomic mass is 16.6. The van der Waals surface area contributed by atoms with E-state index in [2.05, 4.69) is 106 Å². The summed E-state index contributed by atoms with van der Waals surface area (Å²) in [6.07, 6.45) is 83.4. The number of hydrogen-bond acceptors (Lipinski definition) is 6. The van der Waals surface area contributed by atoms with Crippen molar-refractivity contribution in [1.29, 1.82) is 0 Å². The minimum absolute atomic E-state index is 0.0958. The minimum atomic E-state index is -0.803. The second-order valence-corrected chi connectivity index (χ2v) is 21.3. The third-order valence-electron chi connectivity index (χ3n) is 13.9. The molecule has 0 aromatic heterocycles. The third-order valence-corrected chi connectivity index (χ3v) is 13.9. The largest absolute Gasteiger partial charge is 0.462 e. The van der Waals surface area contributed by atoms with E-state index in [0.29, 0.717) is 19.3 Å². The van der Waals surface area contributed by atoms with Crippen LogP contribution >= 0.6 is 0 Å². The van der Waals surface area contributed by atoms with E-state index in [0.717, 1.165) is 83.5 Å². The molecule has 0 radical (unpaired) electrons. The van der Waals surface area contributed by atoms with Crippen molar-refractivity contribution in [3.8, 4) is 0 Å². The Bertz CT molecular complexity index is 1430. The van der Waals surface area contributed by atoms with Gasteiger partial charge in [-0.15, -0.1) is 0 Å². The molecule has 0 aliphatic carbocycles. The quantitative estimate of drug-likeness (QED) is 0.0261. The Morgan fingerprint density at radius 2 is 0.533 bits per heavy atom. The second kappa shape index (κ2) is 63.1. The molecule has 0 bridgehead atoms. The van der Waals surface area contributed by atoms with Gasteiger partial charge in [0.15, 0.2) is 6.10 Å². The van der Waals surface area contributed by atoms with Gasteiger partial charge in [-0.25, -0.2) is 0 Å². The van der Waals surface area contributed by atoms with E-state index >= 15 is 0 Å². The fourth-order valence-corrected chi connectivity index (χ4v) is 9.10. The Hall–Kier alpha value is -3.41. The van der Waals surface area contributed by atoms with Crippen molar-refractivity contribution in [3.05, 3.63) is 85.1 Å². The van der Waals surface area contributed by atoms with Gasteiger partial charge < -0.3 is 14.2 Å². The number of rotatable bonds is 58. The van der Waals surface area contributed by atoms with Crippen LogP contribution in [0.2, 0.25) is 0 Å². The van der Waals surface area contributed by atoms with Crippen molar-refractivity contribution >= 4 is 17.9 Å². The summed E-state index contributed by atoms with van der Waals surface area (Å²) in [5.41, 5.74) is 0. The number of hydrogen-bond donors (Lipinski definition) is 0. The monoisotopic (exact) mass is 1040 g/mol. The summed E-state index contributed by atoms with van der Waals surface area (Å²) < 4.78 is 16.8. The van der Waals surface area contributed by atoms with E-state index in [4.69, 9.17) is 14.2 Å². The lowest BCUT2D eigenvalue weighted by atomic mass is 10.0. The first-order valence-electron chi connectivity index (χ1n) is 32.1. The third kappa shape index (κ3) is 61.3. The van der Waals surface area contributed by atoms with Gasteiger partial charge in [-0.2, -0.15) is 0 Å². The molecular formula is C69H120O6. The van der Waals surface area contributed by atoms with Gasteiger partial charge in [-0.05, 0) is 89.9 Å². The first-order valence-corrected chi connectivity index (χ1v) is 32.1. The molecule has 1 unspecified atom stereocenters. The van der Waals surface area contributed by atoms with E-state index in [9.17, 15) is 14.4 Å². The summed E-state index contributed by atoms with van der Waals surface area (Å²) in [4.78, 5) is 38.1. The van der Waals surface area contributed by atoms with Crippen LogP contribution in [-0.4, -0.2) is 37.2 Å². The maximum atomic E-state index is 12.8. The molecule has 0 aromatic rings. The Morgan fingerprint density at radius 3 is 0.853 bits per heavy atom. The predicted molar refractivity (Wildman–Crippen MR) is 325 cm³/mol. The van der Waals surface area contributed by atoms with E-state index in [-0.39, 0.29) is 37.5 Å². The van der Waals surface area contributed by atoms with Crippen molar-refractivity contribution in [1.82, 2.24) is 0 Å². The summed E-state index contributed by atoms with van der Waals surface area (Å²) in [5, 5.41) is 0. The molecule has 0 aliphatic heterocycles. The van der Waals surface area contributed by atoms with Crippen LogP contribution < -0.4 is 0 Å². The maximum Gasteiger partial charge on any atom is 0.306 e. The molecule has 6 nitrogen and oxygen atoms in total. The Balaban J connectivity index is 4.14. The van der Waals surface area contributed by atoms with Gasteiger partial charge in [0.25, 0.3) is 0 Å². The van der Waals surface area contributed by atoms with Gasteiger partial charge in [0, 0.05) is 19.3 Å². The van der Waals surface area contributed by atoms with Crippen molar-refractivity contribution in [2.75, 3.05) is 13.2 Å². The van der Waals surface area contributed by atoms with Gasteiger partial charge in [0.05, 0.1) is 0 Å². The van der Waals surface area contributed by atoms with Crippen molar-refractivity contribution in [2.24, 2.45) is 0 Å². The van der Waals surface area contributed by atoms with Crippen LogP contribution in [0.25, 0.3) is 0 Å². The molecule has 75 heavy (non-hydrogen) atoms. The molecule has 1 atom stereocenters. The summed E-state index contributed by atoms with van der Waals surface area (Å²) in [5.74, 6) is -0.947. The summed E-state index contributed by atoms with van der Waals surface area (Å²) in [7, 11) is 0. The van der Waals surface area contributed by atoms with Gasteiger partial charge in [-0.3, -0.25) is 14.4 Å². The van der Waals surface area contributed by atoms with Crippen LogP contribution in [0.4, 0.5) is 0 Å². The lowest BCUT2D eigenvalue weighted by Gasteiger charge is -2.18. The van der Waals surface area contributed by atoms with Crippen LogP contribution in [0.1, 0.15) is 316 Å². The second-order valence-electron chi connectivity index (χ2n) is 21.3. The van der Waals surface area contributed by atoms with Gasteiger partial charge in [-0.1, -0.05) is 292 Å². The Morgan fingerprint density at radius 1 is 0.280 bits per heavy atom. The Labute approximate surface area is 465 Å². The van der Waals surface area contributed by atoms with Gasteiger partial charge in [0.2, 0.25) is 0 Å². The maximum absolute atomic E-state index is 12.8. The fraction of sp³-hybridized carbons (Fsp3) is 0.754. The molecular weight excluding hydrogens is 925 g/mol. The predicted octanol–water partition coefficient (Wildman–Crippen LogP) is 21.9. The number of ether oxygens (including phenoxy) is 3. The van der Waals surface area contributed by atoms with Crippen LogP contribution in [0.3, 0.4) is 0 Å². The fourth-order valence-electron chi connectivity index (χ4n) is 9.10. The first-order chi connectivity index (χ1) is 37.0. The average molecular weight is 1050 g/mol. The summed E-state index contributed by atoms with van der Waals surface area (Å²) in [6, 6.07) is 0. The van der Waals surface area contributed by atoms with Gasteiger partial charge >= 0.3 is 17.9 Å². The zero-order valence-electron chi connectivity index (χ0n) is 49.6. The van der Waals surface area contributed by atoms with E-state index in [1.54, 1.807) is 0 Å². The number of allylic oxidation sites excluding steroid dienone is 14. The number of carbonyl (C=O) groups is 3. The molecule has 0 saturated carbocycles. The highest BCUT2D eigenvalue weighted by molar-refractivity contribution is 5.71. The lowest BCUT2D eigenvalue weighted by Crippen LogP contribution is -2.30. The van der Waals surface area contributed by atoms with Crippen LogP contribution in [0.5, 0.6) is 0 Å². The van der Waals surface area contributed by atoms with Crippen LogP contribution in [0.15, 0.2) is 85.1 Å². The zero-order chi connectivity index (χ0) is 54.3. The van der Waals surface area contributed by atoms with E-state index in [1.807, 2.05) is 0 Å². The molecule has 0 saturated heterocycles. The van der Waals surface area contributed by atoms with E-state index in [1.165, 1.54) is 186 Å². The number of esters is 3. The molecule has 0 spiro atoms. The van der Waals surface area contributed by atoms with Crippen LogP contribution in [-0.2, 0) is 28.6 Å². The highest BCUT2D eigenvalue weighted by Crippen LogP contribution is 2.17. The standard InChI is InChI=1S/C69H120O6/c1-4-7-10-13-16-19-21-23-25-27-28-29-30-31-32-33-34-35-36-37-38-39-40-42-43-45-47-50-53-56-59-62-68(71)74-65-66(64-73-67(70)61-58-55-52-49-18-15-12-9-6-3)75-69(72)63-60-57-54-51-48-46-44-41-26-24-22-20-17-14-11-8-5-2/h8,11,17,20-21,23-24,26-28,44,46,51,54,66H,4-7,9-10,12-16,18-19,22,25,29-43,45,47-50,52-53,55-65H2,1-3H3/b11-8-,20-17-,23-21-,26-24-,28-27-,46-44-,54-51-. The highest BCUT2D eigenvalue weighted by Gasteiger charge is 2.19. The van der Waals surface area contributed by atoms with Crippen molar-refractivity contribution < 1.29 is 28.6 Å². The smallest absolute Gasteiger partial charge is 0.306 e. The average Bonchev–Trinajstić information content (AvgIpc) is 3.41.